The van der Waals surface area contributed by atoms with Gasteiger partial charge in [0.25, 0.3) is 0 Å². The molecule has 1 atom stereocenters. The number of nitrogens with zero attached hydrogens (tertiary/aromatic N) is 1. The van der Waals surface area contributed by atoms with E-state index in [9.17, 15) is 9.59 Å². The molecule has 1 aromatic rings. The summed E-state index contributed by atoms with van der Waals surface area (Å²) in [5, 5.41) is 0. The molecule has 4 nitrogen and oxygen atoms in total. The third-order valence-corrected chi connectivity index (χ3v) is 4.01. The number of para-hydroxylation sites is 1. The van der Waals surface area contributed by atoms with Crippen molar-refractivity contribution >= 4 is 23.1 Å². The molecule has 0 aromatic heterocycles. The first-order chi connectivity index (χ1) is 9.65. The molecule has 2 aliphatic rings. The van der Waals surface area contributed by atoms with E-state index in [2.05, 4.69) is 0 Å². The van der Waals surface area contributed by atoms with Crippen molar-refractivity contribution < 1.29 is 14.3 Å². The molecule has 0 N–H and O–H groups in total. The van der Waals surface area contributed by atoms with Gasteiger partial charge in [0, 0.05) is 12.0 Å². The molecule has 20 heavy (non-hydrogen) atoms. The van der Waals surface area contributed by atoms with Gasteiger partial charge in [-0.1, -0.05) is 18.2 Å². The second kappa shape index (κ2) is 4.78. The zero-order chi connectivity index (χ0) is 14.3. The molecule has 1 aromatic carbocycles. The van der Waals surface area contributed by atoms with E-state index >= 15 is 0 Å². The lowest BCUT2D eigenvalue weighted by Crippen LogP contribution is -2.40. The van der Waals surface area contributed by atoms with E-state index in [1.54, 1.807) is 11.8 Å². The van der Waals surface area contributed by atoms with E-state index in [0.717, 1.165) is 16.8 Å². The van der Waals surface area contributed by atoms with E-state index in [1.807, 2.05) is 31.2 Å². The first-order valence-electron chi connectivity index (χ1n) is 6.94. The largest absolute Gasteiger partial charge is 0.463 e. The molecule has 2 aliphatic heterocycles. The average Bonchev–Trinajstić information content (AvgIpc) is 2.81. The van der Waals surface area contributed by atoms with E-state index < -0.39 is 0 Å². The second-order valence-corrected chi connectivity index (χ2v) is 5.09. The zero-order valence-corrected chi connectivity index (χ0v) is 11.7. The van der Waals surface area contributed by atoms with Crippen molar-refractivity contribution in [2.24, 2.45) is 0 Å². The number of rotatable bonds is 2. The van der Waals surface area contributed by atoms with Crippen LogP contribution in [0, 0.1) is 0 Å². The Balaban J connectivity index is 2.18. The number of anilines is 1. The van der Waals surface area contributed by atoms with Crippen LogP contribution in [0.25, 0.3) is 5.57 Å². The zero-order valence-electron chi connectivity index (χ0n) is 11.7. The molecule has 2 heterocycles. The van der Waals surface area contributed by atoms with Gasteiger partial charge in [0.05, 0.1) is 23.9 Å². The fourth-order valence-electron chi connectivity index (χ4n) is 3.15. The molecule has 1 unspecified atom stereocenters. The van der Waals surface area contributed by atoms with Crippen molar-refractivity contribution in [3.05, 3.63) is 35.4 Å². The summed E-state index contributed by atoms with van der Waals surface area (Å²) in [7, 11) is 0. The normalized spacial score (nSPS) is 20.8. The molecule has 4 heteroatoms. The lowest BCUT2D eigenvalue weighted by Gasteiger charge is -2.34. The van der Waals surface area contributed by atoms with Crippen molar-refractivity contribution in [3.63, 3.8) is 0 Å². The van der Waals surface area contributed by atoms with Gasteiger partial charge in [0.1, 0.15) is 0 Å². The third-order valence-electron chi connectivity index (χ3n) is 4.01. The summed E-state index contributed by atoms with van der Waals surface area (Å²) in [5.74, 6) is -0.221. The summed E-state index contributed by atoms with van der Waals surface area (Å²) in [5.41, 5.74) is 3.42. The Labute approximate surface area is 118 Å². The van der Waals surface area contributed by atoms with Crippen LogP contribution < -0.4 is 4.90 Å². The predicted octanol–water partition coefficient (Wildman–Crippen LogP) is 2.53. The number of amides is 1. The fraction of sp³-hybridized carbons (Fsp3) is 0.375. The molecule has 0 saturated carbocycles. The molecular formula is C16H17NO3. The number of allylic oxidation sites excluding steroid dienone is 1. The van der Waals surface area contributed by atoms with E-state index in [1.165, 1.54) is 0 Å². The predicted molar refractivity (Wildman–Crippen MR) is 76.2 cm³/mol. The number of benzene rings is 1. The van der Waals surface area contributed by atoms with Crippen molar-refractivity contribution in [1.82, 2.24) is 0 Å². The van der Waals surface area contributed by atoms with Gasteiger partial charge >= 0.3 is 5.97 Å². The van der Waals surface area contributed by atoms with Crippen LogP contribution in [0.15, 0.2) is 29.8 Å². The number of hydrogen-bond acceptors (Lipinski definition) is 3. The molecule has 0 aliphatic carbocycles. The molecular weight excluding hydrogens is 254 g/mol. The van der Waals surface area contributed by atoms with Crippen molar-refractivity contribution in [1.29, 1.82) is 0 Å². The molecule has 1 amide bonds. The van der Waals surface area contributed by atoms with E-state index in [0.29, 0.717) is 25.0 Å². The van der Waals surface area contributed by atoms with Gasteiger partial charge in [-0.05, 0) is 31.9 Å². The second-order valence-electron chi connectivity index (χ2n) is 5.09. The summed E-state index contributed by atoms with van der Waals surface area (Å²) < 4.78 is 5.18. The summed E-state index contributed by atoms with van der Waals surface area (Å²) in [6.07, 6.45) is 1.16. The van der Waals surface area contributed by atoms with Crippen LogP contribution in [0.5, 0.6) is 0 Å². The molecule has 1 saturated heterocycles. The first kappa shape index (κ1) is 12.9. The van der Waals surface area contributed by atoms with Crippen LogP contribution >= 0.6 is 0 Å². The number of carbonyl (C=O) groups excluding carboxylic acids is 2. The van der Waals surface area contributed by atoms with Gasteiger partial charge in [0.15, 0.2) is 0 Å². The van der Waals surface area contributed by atoms with Gasteiger partial charge in [-0.25, -0.2) is 4.79 Å². The molecule has 0 radical (unpaired) electrons. The fourth-order valence-corrected chi connectivity index (χ4v) is 3.15. The number of ether oxygens (including phenoxy) is 1. The maximum absolute atomic E-state index is 12.2. The number of esters is 1. The summed E-state index contributed by atoms with van der Waals surface area (Å²) in [6.45, 7) is 4.07. The monoisotopic (exact) mass is 271 g/mol. The molecule has 1 fully saturated rings. The third kappa shape index (κ3) is 1.75. The molecule has 104 valence electrons. The number of carbonyl (C=O) groups is 2. The minimum Gasteiger partial charge on any atom is -0.463 e. The van der Waals surface area contributed by atoms with Gasteiger partial charge in [-0.3, -0.25) is 4.79 Å². The first-order valence-corrected chi connectivity index (χ1v) is 6.94. The Hall–Kier alpha value is -2.10. The van der Waals surface area contributed by atoms with E-state index in [4.69, 9.17) is 4.74 Å². The SMILES string of the molecule is CCOC(=O)C1=C(C)c2ccccc2N2C(=O)CCC12. The molecule has 0 bridgehead atoms. The van der Waals surface area contributed by atoms with E-state index in [-0.39, 0.29) is 17.9 Å². The minimum atomic E-state index is -0.302. The number of fused-ring (bicyclic) bond motifs is 3. The maximum Gasteiger partial charge on any atom is 0.336 e. The Bertz CT molecular complexity index is 618. The van der Waals surface area contributed by atoms with Crippen LogP contribution in [0.2, 0.25) is 0 Å². The molecule has 0 spiro atoms. The van der Waals surface area contributed by atoms with Crippen molar-refractivity contribution in [3.8, 4) is 0 Å². The van der Waals surface area contributed by atoms with Crippen LogP contribution in [0.3, 0.4) is 0 Å². The topological polar surface area (TPSA) is 46.6 Å². The Kier molecular flexibility index (Phi) is 3.08. The Morgan fingerprint density at radius 3 is 2.90 bits per heavy atom. The average molecular weight is 271 g/mol. The van der Waals surface area contributed by atoms with Crippen LogP contribution in [-0.2, 0) is 14.3 Å². The quantitative estimate of drug-likeness (QED) is 0.776. The highest BCUT2D eigenvalue weighted by Crippen LogP contribution is 2.42. The van der Waals surface area contributed by atoms with Crippen LogP contribution in [0.4, 0.5) is 5.69 Å². The summed E-state index contributed by atoms with van der Waals surface area (Å²) in [4.78, 5) is 26.2. The van der Waals surface area contributed by atoms with Gasteiger partial charge < -0.3 is 9.64 Å². The Morgan fingerprint density at radius 1 is 1.40 bits per heavy atom. The highest BCUT2D eigenvalue weighted by molar-refractivity contribution is 6.09. The highest BCUT2D eigenvalue weighted by atomic mass is 16.5. The van der Waals surface area contributed by atoms with Crippen molar-refractivity contribution in [2.75, 3.05) is 11.5 Å². The highest BCUT2D eigenvalue weighted by Gasteiger charge is 2.42. The molecule has 3 rings (SSSR count). The minimum absolute atomic E-state index is 0.0803. The van der Waals surface area contributed by atoms with Crippen LogP contribution in [0.1, 0.15) is 32.3 Å². The van der Waals surface area contributed by atoms with Crippen molar-refractivity contribution in [2.45, 2.75) is 32.7 Å². The van der Waals surface area contributed by atoms with Gasteiger partial charge in [-0.2, -0.15) is 0 Å². The summed E-state index contributed by atoms with van der Waals surface area (Å²) >= 11 is 0. The maximum atomic E-state index is 12.2. The van der Waals surface area contributed by atoms with Crippen LogP contribution in [-0.4, -0.2) is 24.5 Å². The standard InChI is InChI=1S/C16H17NO3/c1-3-20-16(19)15-10(2)11-6-4-5-7-12(11)17-13(15)8-9-14(17)18/h4-7,13H,3,8-9H2,1-2H3. The Morgan fingerprint density at radius 2 is 2.15 bits per heavy atom. The summed E-state index contributed by atoms with van der Waals surface area (Å²) in [6, 6.07) is 7.56. The lowest BCUT2D eigenvalue weighted by molar-refractivity contribution is -0.138. The number of hydrogen-bond donors (Lipinski definition) is 0. The van der Waals surface area contributed by atoms with Gasteiger partial charge in [-0.15, -0.1) is 0 Å². The smallest absolute Gasteiger partial charge is 0.336 e. The van der Waals surface area contributed by atoms with Gasteiger partial charge in [0.2, 0.25) is 5.91 Å². The lowest BCUT2D eigenvalue weighted by atomic mass is 9.89.